The smallest absolute Gasteiger partial charge is 0.296 e. The molecule has 70 valence electrons. The maximum atomic E-state index is 11.2. The van der Waals surface area contributed by atoms with Crippen LogP contribution < -0.4 is 11.1 Å². The first kappa shape index (κ1) is 8.43. The van der Waals surface area contributed by atoms with Gasteiger partial charge in [-0.1, -0.05) is 6.07 Å². The molecule has 0 aromatic heterocycles. The Morgan fingerprint density at radius 2 is 2.00 bits per heavy atom. The number of hydrogen-bond acceptors (Lipinski definition) is 3. The van der Waals surface area contributed by atoms with Crippen molar-refractivity contribution < 1.29 is 14.4 Å². The minimum absolute atomic E-state index is 0.154. The van der Waals surface area contributed by atoms with E-state index in [-0.39, 0.29) is 16.8 Å². The highest BCUT2D eigenvalue weighted by Gasteiger charge is 2.30. The van der Waals surface area contributed by atoms with Crippen LogP contribution in [0.1, 0.15) is 20.7 Å². The molecule has 2 amide bonds. The zero-order valence-corrected chi connectivity index (χ0v) is 7.03. The summed E-state index contributed by atoms with van der Waals surface area (Å²) in [6.45, 7) is 0. The number of hydrogen-bond donors (Lipinski definition) is 2. The number of primary amides is 1. The molecule has 1 aliphatic rings. The first-order chi connectivity index (χ1) is 6.61. The average molecular weight is 190 g/mol. The van der Waals surface area contributed by atoms with Crippen molar-refractivity contribution in [3.05, 3.63) is 29.3 Å². The number of amides is 2. The van der Waals surface area contributed by atoms with Crippen LogP contribution in [0.3, 0.4) is 0 Å². The number of fused-ring (bicyclic) bond motifs is 1. The fourth-order valence-electron chi connectivity index (χ4n) is 1.37. The molecule has 0 bridgehead atoms. The maximum Gasteiger partial charge on any atom is 0.296 e. The first-order valence-electron chi connectivity index (χ1n) is 3.90. The van der Waals surface area contributed by atoms with Gasteiger partial charge in [0.05, 0.1) is 16.8 Å². The van der Waals surface area contributed by atoms with Crippen molar-refractivity contribution in [2.45, 2.75) is 0 Å². The Bertz CT molecular complexity index is 465. The van der Waals surface area contributed by atoms with Gasteiger partial charge in [0.25, 0.3) is 17.6 Å². The third-order valence-electron chi connectivity index (χ3n) is 2.02. The molecule has 0 fully saturated rings. The lowest BCUT2D eigenvalue weighted by Gasteiger charge is -2.01. The molecule has 1 aromatic carbocycles. The molecule has 3 N–H and O–H groups in total. The molecular formula is C9H6N2O3. The van der Waals surface area contributed by atoms with Gasteiger partial charge in [-0.2, -0.15) is 0 Å². The van der Waals surface area contributed by atoms with E-state index >= 15 is 0 Å². The minimum Gasteiger partial charge on any atom is -0.366 e. The molecule has 5 heteroatoms. The van der Waals surface area contributed by atoms with Crippen LogP contribution in [0.25, 0.3) is 0 Å². The van der Waals surface area contributed by atoms with Crippen LogP contribution in [0.2, 0.25) is 0 Å². The van der Waals surface area contributed by atoms with E-state index in [1.165, 1.54) is 18.2 Å². The Morgan fingerprint density at radius 3 is 2.64 bits per heavy atom. The molecule has 0 saturated carbocycles. The summed E-state index contributed by atoms with van der Waals surface area (Å²) >= 11 is 0. The molecule has 0 aliphatic carbocycles. The number of carbonyl (C=O) groups excluding carboxylic acids is 3. The van der Waals surface area contributed by atoms with E-state index in [1.807, 2.05) is 0 Å². The molecule has 1 aliphatic heterocycles. The van der Waals surface area contributed by atoms with Crippen LogP contribution in [0.5, 0.6) is 0 Å². The molecule has 0 spiro atoms. The van der Waals surface area contributed by atoms with E-state index in [2.05, 4.69) is 5.32 Å². The lowest BCUT2D eigenvalue weighted by atomic mass is 10.1. The Balaban J connectivity index is 2.67. The fraction of sp³-hybridized carbons (Fsp3) is 0. The largest absolute Gasteiger partial charge is 0.366 e. The van der Waals surface area contributed by atoms with Gasteiger partial charge in [-0.25, -0.2) is 0 Å². The summed E-state index contributed by atoms with van der Waals surface area (Å²) in [6, 6.07) is 4.44. The molecule has 0 atom stereocenters. The Morgan fingerprint density at radius 1 is 1.29 bits per heavy atom. The standard InChI is InChI=1S/C9H6N2O3/c10-8(13)5-3-1-2-4-6(5)11-9(14)7(4)12/h1-3H,(H2,10,13)(H,11,12,14). The number of rotatable bonds is 1. The summed E-state index contributed by atoms with van der Waals surface area (Å²) in [5.74, 6) is -2.03. The molecule has 0 unspecified atom stereocenters. The van der Waals surface area contributed by atoms with E-state index in [9.17, 15) is 14.4 Å². The molecular weight excluding hydrogens is 184 g/mol. The highest BCUT2D eigenvalue weighted by Crippen LogP contribution is 2.26. The van der Waals surface area contributed by atoms with Gasteiger partial charge >= 0.3 is 0 Å². The third-order valence-corrected chi connectivity index (χ3v) is 2.02. The maximum absolute atomic E-state index is 11.2. The normalized spacial score (nSPS) is 13.7. The SMILES string of the molecule is NC(=O)c1cccc2c1NC(=O)C2=O. The van der Waals surface area contributed by atoms with Gasteiger partial charge < -0.3 is 11.1 Å². The van der Waals surface area contributed by atoms with Crippen LogP contribution in [0.4, 0.5) is 5.69 Å². The second kappa shape index (κ2) is 2.66. The van der Waals surface area contributed by atoms with Crippen molar-refractivity contribution in [3.63, 3.8) is 0 Å². The fourth-order valence-corrected chi connectivity index (χ4v) is 1.37. The number of ketones is 1. The van der Waals surface area contributed by atoms with Crippen molar-refractivity contribution in [2.75, 3.05) is 5.32 Å². The zero-order chi connectivity index (χ0) is 10.3. The second-order valence-corrected chi connectivity index (χ2v) is 2.88. The Hall–Kier alpha value is -2.17. The summed E-state index contributed by atoms with van der Waals surface area (Å²) < 4.78 is 0. The number of nitrogens with one attached hydrogen (secondary N) is 1. The number of anilines is 1. The predicted molar refractivity (Wildman–Crippen MR) is 47.9 cm³/mol. The molecule has 14 heavy (non-hydrogen) atoms. The van der Waals surface area contributed by atoms with E-state index in [1.54, 1.807) is 0 Å². The average Bonchev–Trinajstić information content (AvgIpc) is 2.43. The van der Waals surface area contributed by atoms with Gasteiger partial charge in [-0.05, 0) is 12.1 Å². The van der Waals surface area contributed by atoms with Crippen molar-refractivity contribution in [1.82, 2.24) is 0 Å². The molecule has 2 rings (SSSR count). The van der Waals surface area contributed by atoms with Crippen LogP contribution >= 0.6 is 0 Å². The second-order valence-electron chi connectivity index (χ2n) is 2.88. The number of para-hydroxylation sites is 1. The number of benzene rings is 1. The van der Waals surface area contributed by atoms with Gasteiger partial charge in [0.1, 0.15) is 0 Å². The van der Waals surface area contributed by atoms with Crippen molar-refractivity contribution in [2.24, 2.45) is 5.73 Å². The highest BCUT2D eigenvalue weighted by atomic mass is 16.2. The van der Waals surface area contributed by atoms with E-state index in [4.69, 9.17) is 5.73 Å². The summed E-state index contributed by atoms with van der Waals surface area (Å²) in [6.07, 6.45) is 0. The molecule has 0 saturated heterocycles. The quantitative estimate of drug-likeness (QED) is 0.607. The highest BCUT2D eigenvalue weighted by molar-refractivity contribution is 6.52. The van der Waals surface area contributed by atoms with Crippen molar-refractivity contribution >= 4 is 23.3 Å². The number of Topliss-reactive ketones (excluding diaryl/α,β-unsaturated/α-hetero) is 1. The third kappa shape index (κ3) is 0.990. The molecule has 1 aromatic rings. The number of nitrogens with two attached hydrogens (primary N) is 1. The molecule has 0 radical (unpaired) electrons. The topological polar surface area (TPSA) is 89.3 Å². The minimum atomic E-state index is -0.728. The van der Waals surface area contributed by atoms with Crippen LogP contribution in [-0.4, -0.2) is 17.6 Å². The summed E-state index contributed by atoms with van der Waals surface area (Å²) in [5.41, 5.74) is 5.65. The zero-order valence-electron chi connectivity index (χ0n) is 7.03. The number of carbonyl (C=O) groups is 3. The lowest BCUT2D eigenvalue weighted by Crippen LogP contribution is -2.15. The van der Waals surface area contributed by atoms with E-state index < -0.39 is 17.6 Å². The van der Waals surface area contributed by atoms with E-state index in [0.29, 0.717) is 0 Å². The van der Waals surface area contributed by atoms with Gasteiger partial charge in [0.2, 0.25) is 0 Å². The van der Waals surface area contributed by atoms with E-state index in [0.717, 1.165) is 0 Å². The molecule has 5 nitrogen and oxygen atoms in total. The monoisotopic (exact) mass is 190 g/mol. The Labute approximate surface area is 78.9 Å². The van der Waals surface area contributed by atoms with Gasteiger partial charge in [0, 0.05) is 0 Å². The van der Waals surface area contributed by atoms with Crippen molar-refractivity contribution in [1.29, 1.82) is 0 Å². The first-order valence-corrected chi connectivity index (χ1v) is 3.90. The van der Waals surface area contributed by atoms with Gasteiger partial charge in [-0.15, -0.1) is 0 Å². The lowest BCUT2D eigenvalue weighted by molar-refractivity contribution is -0.112. The predicted octanol–water partition coefficient (Wildman–Crippen LogP) is -0.0797. The Kier molecular flexibility index (Phi) is 1.60. The summed E-state index contributed by atoms with van der Waals surface area (Å²) in [7, 11) is 0. The van der Waals surface area contributed by atoms with Crippen molar-refractivity contribution in [3.8, 4) is 0 Å². The van der Waals surface area contributed by atoms with Gasteiger partial charge in [0.15, 0.2) is 0 Å². The van der Waals surface area contributed by atoms with Crippen LogP contribution in [0.15, 0.2) is 18.2 Å². The molecule has 1 heterocycles. The van der Waals surface area contributed by atoms with Gasteiger partial charge in [-0.3, -0.25) is 14.4 Å². The summed E-state index contributed by atoms with van der Waals surface area (Å²) in [5, 5.41) is 2.31. The van der Waals surface area contributed by atoms with Crippen LogP contribution in [-0.2, 0) is 4.79 Å². The van der Waals surface area contributed by atoms with Crippen LogP contribution in [0, 0.1) is 0 Å². The summed E-state index contributed by atoms with van der Waals surface area (Å²) in [4.78, 5) is 33.1.